The lowest BCUT2D eigenvalue weighted by molar-refractivity contribution is 0.301. The third-order valence-corrected chi connectivity index (χ3v) is 2.01. The molecule has 0 atom stereocenters. The molecule has 0 saturated carbocycles. The van der Waals surface area contributed by atoms with E-state index < -0.39 is 0 Å². The molecule has 0 heterocycles. The Hall–Kier alpha value is -0.890. The van der Waals surface area contributed by atoms with Gasteiger partial charge in [-0.2, -0.15) is 0 Å². The third kappa shape index (κ3) is 4.43. The normalized spacial score (nSPS) is 10.1. The SMILES string of the molecule is CCCOc1cc(Cl)cc(OCCC)c1. The average molecular weight is 229 g/mol. The van der Waals surface area contributed by atoms with Crippen LogP contribution in [0.3, 0.4) is 0 Å². The standard InChI is InChI=1S/C12H17ClO2/c1-3-5-14-11-7-10(13)8-12(9-11)15-6-4-2/h7-9H,3-6H2,1-2H3. The van der Waals surface area contributed by atoms with Crippen molar-refractivity contribution in [3.05, 3.63) is 23.2 Å². The Bertz CT molecular complexity index is 273. The molecule has 1 aromatic carbocycles. The fourth-order valence-corrected chi connectivity index (χ4v) is 1.36. The zero-order chi connectivity index (χ0) is 11.1. The molecule has 0 saturated heterocycles. The van der Waals surface area contributed by atoms with Crippen molar-refractivity contribution in [2.45, 2.75) is 26.7 Å². The highest BCUT2D eigenvalue weighted by atomic mass is 35.5. The maximum absolute atomic E-state index is 5.95. The van der Waals surface area contributed by atoms with Crippen molar-refractivity contribution in [2.75, 3.05) is 13.2 Å². The Morgan fingerprint density at radius 2 is 1.40 bits per heavy atom. The summed E-state index contributed by atoms with van der Waals surface area (Å²) in [5.41, 5.74) is 0. The Kier molecular flexibility index (Phi) is 5.33. The Morgan fingerprint density at radius 3 is 1.80 bits per heavy atom. The van der Waals surface area contributed by atoms with Crippen LogP contribution in [-0.4, -0.2) is 13.2 Å². The van der Waals surface area contributed by atoms with Crippen molar-refractivity contribution in [3.8, 4) is 11.5 Å². The van der Waals surface area contributed by atoms with Gasteiger partial charge in [-0.3, -0.25) is 0 Å². The van der Waals surface area contributed by atoms with Gasteiger partial charge in [0.15, 0.2) is 0 Å². The van der Waals surface area contributed by atoms with Gasteiger partial charge in [-0.15, -0.1) is 0 Å². The lowest BCUT2D eigenvalue weighted by Gasteiger charge is -2.09. The van der Waals surface area contributed by atoms with Crippen LogP contribution in [0.2, 0.25) is 5.02 Å². The van der Waals surface area contributed by atoms with Crippen LogP contribution in [0.1, 0.15) is 26.7 Å². The highest BCUT2D eigenvalue weighted by Gasteiger charge is 2.01. The Morgan fingerprint density at radius 1 is 0.933 bits per heavy atom. The number of ether oxygens (including phenoxy) is 2. The van der Waals surface area contributed by atoms with Crippen molar-refractivity contribution in [3.63, 3.8) is 0 Å². The second kappa shape index (κ2) is 6.57. The zero-order valence-electron chi connectivity index (χ0n) is 9.25. The Labute approximate surface area is 96.2 Å². The zero-order valence-corrected chi connectivity index (χ0v) is 10.0. The molecule has 3 heteroatoms. The van der Waals surface area contributed by atoms with Crippen LogP contribution >= 0.6 is 11.6 Å². The quantitative estimate of drug-likeness (QED) is 0.735. The van der Waals surface area contributed by atoms with Crippen LogP contribution in [-0.2, 0) is 0 Å². The second-order valence-corrected chi connectivity index (χ2v) is 3.76. The molecule has 0 aliphatic heterocycles. The molecule has 0 radical (unpaired) electrons. The first-order valence-corrected chi connectivity index (χ1v) is 5.70. The van der Waals surface area contributed by atoms with Gasteiger partial charge in [0.25, 0.3) is 0 Å². The summed E-state index contributed by atoms with van der Waals surface area (Å²) in [7, 11) is 0. The van der Waals surface area contributed by atoms with Crippen LogP contribution in [0.4, 0.5) is 0 Å². The molecule has 0 spiro atoms. The number of hydrogen-bond donors (Lipinski definition) is 0. The van der Waals surface area contributed by atoms with E-state index in [2.05, 4.69) is 13.8 Å². The predicted octanol–water partition coefficient (Wildman–Crippen LogP) is 3.92. The summed E-state index contributed by atoms with van der Waals surface area (Å²) in [4.78, 5) is 0. The highest BCUT2D eigenvalue weighted by Crippen LogP contribution is 2.26. The molecule has 0 aliphatic carbocycles. The summed E-state index contributed by atoms with van der Waals surface area (Å²) in [6.07, 6.45) is 1.97. The molecule has 15 heavy (non-hydrogen) atoms. The molecule has 0 N–H and O–H groups in total. The van der Waals surface area contributed by atoms with E-state index in [-0.39, 0.29) is 0 Å². The van der Waals surface area contributed by atoms with Gasteiger partial charge in [0.2, 0.25) is 0 Å². The van der Waals surface area contributed by atoms with Crippen molar-refractivity contribution in [1.29, 1.82) is 0 Å². The molecule has 0 unspecified atom stereocenters. The number of halogens is 1. The summed E-state index contributed by atoms with van der Waals surface area (Å²) in [6, 6.07) is 5.48. The van der Waals surface area contributed by atoms with Crippen LogP contribution in [0.25, 0.3) is 0 Å². The van der Waals surface area contributed by atoms with Crippen LogP contribution < -0.4 is 9.47 Å². The third-order valence-electron chi connectivity index (χ3n) is 1.79. The molecule has 2 nitrogen and oxygen atoms in total. The molecular weight excluding hydrogens is 212 g/mol. The topological polar surface area (TPSA) is 18.5 Å². The van der Waals surface area contributed by atoms with E-state index in [0.29, 0.717) is 18.2 Å². The van der Waals surface area contributed by atoms with E-state index in [1.807, 2.05) is 6.07 Å². The lowest BCUT2D eigenvalue weighted by atomic mass is 10.3. The maximum atomic E-state index is 5.95. The molecular formula is C12H17ClO2. The van der Waals surface area contributed by atoms with Gasteiger partial charge in [0.1, 0.15) is 11.5 Å². The summed E-state index contributed by atoms with van der Waals surface area (Å²) in [5, 5.41) is 0.648. The van der Waals surface area contributed by atoms with Crippen molar-refractivity contribution >= 4 is 11.6 Å². The fraction of sp³-hybridized carbons (Fsp3) is 0.500. The average Bonchev–Trinajstić information content (AvgIpc) is 2.23. The minimum Gasteiger partial charge on any atom is -0.493 e. The van der Waals surface area contributed by atoms with Gasteiger partial charge in [-0.05, 0) is 25.0 Å². The summed E-state index contributed by atoms with van der Waals surface area (Å²) >= 11 is 5.95. The van der Waals surface area contributed by atoms with E-state index >= 15 is 0 Å². The number of hydrogen-bond acceptors (Lipinski definition) is 2. The summed E-state index contributed by atoms with van der Waals surface area (Å²) in [6.45, 7) is 5.54. The lowest BCUT2D eigenvalue weighted by Crippen LogP contribution is -1.98. The van der Waals surface area contributed by atoms with Crippen LogP contribution in [0.5, 0.6) is 11.5 Å². The molecule has 1 aromatic rings. The van der Waals surface area contributed by atoms with Gasteiger partial charge >= 0.3 is 0 Å². The van der Waals surface area contributed by atoms with Gasteiger partial charge in [-0.25, -0.2) is 0 Å². The first-order chi connectivity index (χ1) is 7.26. The van der Waals surface area contributed by atoms with Crippen molar-refractivity contribution < 1.29 is 9.47 Å². The molecule has 0 aliphatic rings. The molecule has 84 valence electrons. The second-order valence-electron chi connectivity index (χ2n) is 3.32. The molecule has 0 bridgehead atoms. The van der Waals surface area contributed by atoms with Gasteiger partial charge in [0, 0.05) is 11.1 Å². The maximum Gasteiger partial charge on any atom is 0.124 e. The van der Waals surface area contributed by atoms with E-state index in [0.717, 1.165) is 24.3 Å². The minimum atomic E-state index is 0.648. The van der Waals surface area contributed by atoms with Gasteiger partial charge in [0.05, 0.1) is 13.2 Å². The Balaban J connectivity index is 2.66. The predicted molar refractivity (Wildman–Crippen MR) is 63.0 cm³/mol. The van der Waals surface area contributed by atoms with Crippen LogP contribution in [0.15, 0.2) is 18.2 Å². The number of rotatable bonds is 6. The largest absolute Gasteiger partial charge is 0.493 e. The van der Waals surface area contributed by atoms with Crippen molar-refractivity contribution in [2.24, 2.45) is 0 Å². The van der Waals surface area contributed by atoms with E-state index in [1.165, 1.54) is 0 Å². The minimum absolute atomic E-state index is 0.648. The van der Waals surface area contributed by atoms with Gasteiger partial charge < -0.3 is 9.47 Å². The number of benzene rings is 1. The van der Waals surface area contributed by atoms with E-state index in [4.69, 9.17) is 21.1 Å². The van der Waals surface area contributed by atoms with Gasteiger partial charge in [-0.1, -0.05) is 25.4 Å². The molecule has 0 aromatic heterocycles. The molecule has 0 fully saturated rings. The monoisotopic (exact) mass is 228 g/mol. The summed E-state index contributed by atoms with van der Waals surface area (Å²) < 4.78 is 11.0. The van der Waals surface area contributed by atoms with E-state index in [1.54, 1.807) is 12.1 Å². The van der Waals surface area contributed by atoms with E-state index in [9.17, 15) is 0 Å². The highest BCUT2D eigenvalue weighted by molar-refractivity contribution is 6.30. The fourth-order valence-electron chi connectivity index (χ4n) is 1.14. The molecule has 0 amide bonds. The van der Waals surface area contributed by atoms with Crippen molar-refractivity contribution in [1.82, 2.24) is 0 Å². The summed E-state index contributed by atoms with van der Waals surface area (Å²) in [5.74, 6) is 1.55. The molecule has 1 rings (SSSR count). The first kappa shape index (κ1) is 12.2. The van der Waals surface area contributed by atoms with Crippen LogP contribution in [0, 0.1) is 0 Å². The smallest absolute Gasteiger partial charge is 0.124 e. The first-order valence-electron chi connectivity index (χ1n) is 5.32.